The van der Waals surface area contributed by atoms with E-state index in [0.29, 0.717) is 34.0 Å². The number of carbonyl (C=O) groups is 1. The number of para-hydroxylation sites is 1. The molecular weight excluding hydrogens is 460 g/mol. The van der Waals surface area contributed by atoms with Crippen LogP contribution in [0.4, 0.5) is 5.69 Å². The van der Waals surface area contributed by atoms with Gasteiger partial charge in [-0.05, 0) is 36.8 Å². The highest BCUT2D eigenvalue weighted by molar-refractivity contribution is 7.15. The number of ether oxygens (including phenoxy) is 1. The molecule has 1 aliphatic rings. The summed E-state index contributed by atoms with van der Waals surface area (Å²) in [5.74, 6) is 1.06. The fraction of sp³-hybridized carbons (Fsp3) is 0.259. The number of hydrogen-bond acceptors (Lipinski definition) is 6. The molecule has 1 aliphatic heterocycles. The molecule has 0 N–H and O–H groups in total. The molecule has 35 heavy (non-hydrogen) atoms. The van der Waals surface area contributed by atoms with E-state index in [4.69, 9.17) is 4.74 Å². The first-order chi connectivity index (χ1) is 17.1. The number of fused-ring (bicyclic) bond motifs is 2. The SMILES string of the molecule is C=CCN1C(=O)C(=c2sc3nc(-c4ccc(OCCCCCC)cc4)nn3c2=O)c2ccccc21. The number of aromatic nitrogens is 3. The van der Waals surface area contributed by atoms with Crippen molar-refractivity contribution in [1.29, 1.82) is 0 Å². The summed E-state index contributed by atoms with van der Waals surface area (Å²) in [6.07, 6.45) is 6.31. The van der Waals surface area contributed by atoms with E-state index < -0.39 is 0 Å². The highest BCUT2D eigenvalue weighted by Crippen LogP contribution is 2.35. The average molecular weight is 487 g/mol. The molecule has 0 atom stereocenters. The van der Waals surface area contributed by atoms with Crippen molar-refractivity contribution in [2.45, 2.75) is 32.6 Å². The van der Waals surface area contributed by atoms with Gasteiger partial charge in [0.15, 0.2) is 5.82 Å². The Morgan fingerprint density at radius 2 is 1.86 bits per heavy atom. The quantitative estimate of drug-likeness (QED) is 0.261. The Hall–Kier alpha value is -3.78. The van der Waals surface area contributed by atoms with Crippen molar-refractivity contribution in [2.75, 3.05) is 18.1 Å². The van der Waals surface area contributed by atoms with E-state index in [1.165, 1.54) is 35.1 Å². The largest absolute Gasteiger partial charge is 0.494 e. The van der Waals surface area contributed by atoms with Crippen molar-refractivity contribution in [3.63, 3.8) is 0 Å². The Labute approximate surface area is 207 Å². The Balaban J connectivity index is 1.45. The maximum atomic E-state index is 13.3. The van der Waals surface area contributed by atoms with Gasteiger partial charge in [-0.15, -0.1) is 11.7 Å². The van der Waals surface area contributed by atoms with Crippen LogP contribution in [-0.2, 0) is 4.79 Å². The summed E-state index contributed by atoms with van der Waals surface area (Å²) in [5.41, 5.74) is 2.37. The predicted molar refractivity (Wildman–Crippen MR) is 139 cm³/mol. The average Bonchev–Trinajstić information content (AvgIpc) is 3.51. The number of nitrogens with zero attached hydrogens (tertiary/aromatic N) is 4. The first-order valence-corrected chi connectivity index (χ1v) is 12.6. The Morgan fingerprint density at radius 3 is 2.60 bits per heavy atom. The van der Waals surface area contributed by atoms with Gasteiger partial charge in [0.1, 0.15) is 10.3 Å². The number of benzene rings is 2. The van der Waals surface area contributed by atoms with E-state index in [9.17, 15) is 9.59 Å². The van der Waals surface area contributed by atoms with Crippen LogP contribution in [0.1, 0.15) is 38.2 Å². The van der Waals surface area contributed by atoms with Gasteiger partial charge in [0, 0.05) is 17.7 Å². The normalized spacial score (nSPS) is 14.5. The van der Waals surface area contributed by atoms with Gasteiger partial charge in [0.2, 0.25) is 4.96 Å². The van der Waals surface area contributed by atoms with Gasteiger partial charge in [-0.25, -0.2) is 0 Å². The Kier molecular flexibility index (Phi) is 6.46. The van der Waals surface area contributed by atoms with Gasteiger partial charge in [0.05, 0.1) is 17.9 Å². The summed E-state index contributed by atoms with van der Waals surface area (Å²) in [6, 6.07) is 15.1. The van der Waals surface area contributed by atoms with Crippen LogP contribution in [0, 0.1) is 0 Å². The van der Waals surface area contributed by atoms with Crippen LogP contribution in [0.2, 0.25) is 0 Å². The van der Waals surface area contributed by atoms with Crippen molar-refractivity contribution in [2.24, 2.45) is 0 Å². The molecule has 0 spiro atoms. The minimum Gasteiger partial charge on any atom is -0.494 e. The second kappa shape index (κ2) is 9.84. The van der Waals surface area contributed by atoms with E-state index >= 15 is 0 Å². The van der Waals surface area contributed by atoms with Crippen LogP contribution in [0.15, 0.2) is 66.0 Å². The van der Waals surface area contributed by atoms with Crippen molar-refractivity contribution >= 4 is 33.5 Å². The molecule has 0 saturated heterocycles. The lowest BCUT2D eigenvalue weighted by molar-refractivity contribution is -0.112. The monoisotopic (exact) mass is 486 g/mol. The highest BCUT2D eigenvalue weighted by Gasteiger charge is 2.33. The molecule has 2 aromatic carbocycles. The lowest BCUT2D eigenvalue weighted by atomic mass is 10.1. The van der Waals surface area contributed by atoms with Gasteiger partial charge in [0.25, 0.3) is 11.5 Å². The summed E-state index contributed by atoms with van der Waals surface area (Å²) >= 11 is 1.19. The molecule has 178 valence electrons. The molecule has 0 radical (unpaired) electrons. The van der Waals surface area contributed by atoms with Gasteiger partial charge >= 0.3 is 0 Å². The van der Waals surface area contributed by atoms with Crippen LogP contribution in [-0.4, -0.2) is 33.7 Å². The molecule has 0 fully saturated rings. The maximum absolute atomic E-state index is 13.3. The molecule has 3 heterocycles. The zero-order valence-electron chi connectivity index (χ0n) is 19.6. The lowest BCUT2D eigenvalue weighted by Gasteiger charge is -2.13. The molecule has 1 amide bonds. The van der Waals surface area contributed by atoms with Crippen LogP contribution in [0.3, 0.4) is 0 Å². The van der Waals surface area contributed by atoms with E-state index in [2.05, 4.69) is 23.6 Å². The fourth-order valence-corrected chi connectivity index (χ4v) is 5.23. The van der Waals surface area contributed by atoms with Gasteiger partial charge in [-0.2, -0.15) is 9.50 Å². The molecule has 8 heteroatoms. The van der Waals surface area contributed by atoms with Crippen LogP contribution < -0.4 is 19.7 Å². The summed E-state index contributed by atoms with van der Waals surface area (Å²) in [5, 5.41) is 4.44. The van der Waals surface area contributed by atoms with Gasteiger partial charge in [-0.1, -0.05) is 61.8 Å². The molecule has 5 rings (SSSR count). The molecule has 0 unspecified atom stereocenters. The van der Waals surface area contributed by atoms with Crippen LogP contribution in [0.25, 0.3) is 21.9 Å². The Bertz CT molecular complexity index is 1500. The van der Waals surface area contributed by atoms with E-state index in [1.807, 2.05) is 48.5 Å². The van der Waals surface area contributed by atoms with Crippen molar-refractivity contribution in [3.05, 3.63) is 81.6 Å². The van der Waals surface area contributed by atoms with Crippen LogP contribution >= 0.6 is 11.3 Å². The van der Waals surface area contributed by atoms with Gasteiger partial charge in [-0.3, -0.25) is 9.59 Å². The Morgan fingerprint density at radius 1 is 1.06 bits per heavy atom. The van der Waals surface area contributed by atoms with Crippen molar-refractivity contribution < 1.29 is 9.53 Å². The van der Waals surface area contributed by atoms with E-state index in [-0.39, 0.29) is 11.5 Å². The zero-order valence-corrected chi connectivity index (χ0v) is 20.4. The van der Waals surface area contributed by atoms with Crippen molar-refractivity contribution in [3.8, 4) is 17.1 Å². The summed E-state index contributed by atoms with van der Waals surface area (Å²) in [6.45, 7) is 7.01. The summed E-state index contributed by atoms with van der Waals surface area (Å²) in [7, 11) is 0. The lowest BCUT2D eigenvalue weighted by Crippen LogP contribution is -2.32. The molecule has 0 saturated carbocycles. The number of unbranched alkanes of at least 4 members (excludes halogenated alkanes) is 3. The molecule has 0 bridgehead atoms. The van der Waals surface area contributed by atoms with Crippen LogP contribution in [0.5, 0.6) is 5.75 Å². The first kappa shape index (κ1) is 23.0. The molecule has 0 aliphatic carbocycles. The molecule has 2 aromatic heterocycles. The summed E-state index contributed by atoms with van der Waals surface area (Å²) in [4.78, 5) is 33.1. The van der Waals surface area contributed by atoms with E-state index in [1.54, 1.807) is 11.0 Å². The third-order valence-electron chi connectivity index (χ3n) is 6.00. The number of carbonyl (C=O) groups excluding carboxylic acids is 1. The second-order valence-corrected chi connectivity index (χ2v) is 9.37. The molecule has 4 aromatic rings. The number of amides is 1. The zero-order chi connectivity index (χ0) is 24.4. The second-order valence-electron chi connectivity index (χ2n) is 8.40. The fourth-order valence-electron chi connectivity index (χ4n) is 4.24. The third kappa shape index (κ3) is 4.25. The maximum Gasteiger partial charge on any atom is 0.291 e. The standard InChI is InChI=1S/C27H26N4O3S/c1-3-5-6-9-17-34-19-14-12-18(13-15-19)24-28-27-31(29-24)26(33)23(35-27)22-20-10-7-8-11-21(20)30(16-4-2)25(22)32/h4,7-8,10-15H,2-3,5-6,9,16-17H2,1H3. The van der Waals surface area contributed by atoms with Gasteiger partial charge < -0.3 is 9.64 Å². The smallest absolute Gasteiger partial charge is 0.291 e. The minimum atomic E-state index is -0.339. The topological polar surface area (TPSA) is 76.8 Å². The van der Waals surface area contributed by atoms with Crippen molar-refractivity contribution in [1.82, 2.24) is 14.6 Å². The number of hydrogen-bond donors (Lipinski definition) is 0. The summed E-state index contributed by atoms with van der Waals surface area (Å²) < 4.78 is 7.44. The first-order valence-electron chi connectivity index (χ1n) is 11.8. The third-order valence-corrected chi connectivity index (χ3v) is 7.03. The number of anilines is 1. The highest BCUT2D eigenvalue weighted by atomic mass is 32.1. The molecule has 7 nitrogen and oxygen atoms in total. The van der Waals surface area contributed by atoms with E-state index in [0.717, 1.165) is 29.0 Å². The number of rotatable bonds is 9. The number of thiazole rings is 1. The predicted octanol–water partition coefficient (Wildman–Crippen LogP) is 4.23. The minimum absolute atomic E-state index is 0.210. The molecular formula is C27H26N4O3S.